The minimum absolute atomic E-state index is 0.114. The molecule has 0 aromatic carbocycles. The molecule has 106 valence electrons. The molecule has 3 heteroatoms. The monoisotopic (exact) mass is 256 g/mol. The molecule has 0 radical (unpaired) electrons. The van der Waals surface area contributed by atoms with E-state index in [1.54, 1.807) is 0 Å². The third-order valence-electron chi connectivity index (χ3n) is 4.43. The number of hydrogen-bond donors (Lipinski definition) is 1. The molecule has 1 heterocycles. The van der Waals surface area contributed by atoms with Crippen molar-refractivity contribution in [3.63, 3.8) is 0 Å². The van der Waals surface area contributed by atoms with Crippen molar-refractivity contribution in [3.05, 3.63) is 0 Å². The molecule has 0 amide bonds. The van der Waals surface area contributed by atoms with Crippen molar-refractivity contribution in [2.24, 2.45) is 17.8 Å². The highest BCUT2D eigenvalue weighted by Crippen LogP contribution is 2.44. The van der Waals surface area contributed by atoms with Crippen molar-refractivity contribution in [2.75, 3.05) is 6.61 Å². The van der Waals surface area contributed by atoms with Crippen molar-refractivity contribution in [1.29, 1.82) is 0 Å². The van der Waals surface area contributed by atoms with E-state index in [0.29, 0.717) is 11.8 Å². The van der Waals surface area contributed by atoms with Gasteiger partial charge in [-0.15, -0.1) is 0 Å². The molecule has 1 saturated heterocycles. The third-order valence-corrected chi connectivity index (χ3v) is 4.43. The van der Waals surface area contributed by atoms with Gasteiger partial charge >= 0.3 is 0 Å². The Balaban J connectivity index is 2.24. The summed E-state index contributed by atoms with van der Waals surface area (Å²) in [6.45, 7) is 8.95. The number of aliphatic hydroxyl groups excluding tert-OH is 1. The summed E-state index contributed by atoms with van der Waals surface area (Å²) in [5.74, 6) is 0.795. The zero-order valence-corrected chi connectivity index (χ0v) is 12.2. The molecule has 2 rings (SSSR count). The lowest BCUT2D eigenvalue weighted by atomic mass is 9.89. The molecule has 0 bridgehead atoms. The molecule has 18 heavy (non-hydrogen) atoms. The van der Waals surface area contributed by atoms with Crippen LogP contribution in [0.4, 0.5) is 0 Å². The fraction of sp³-hybridized carbons (Fsp3) is 1.00. The molecule has 2 aliphatic rings. The number of aliphatic hydroxyl groups is 1. The Kier molecular flexibility index (Phi) is 4.35. The van der Waals surface area contributed by atoms with Crippen LogP contribution in [-0.2, 0) is 9.47 Å². The second kappa shape index (κ2) is 5.48. The Labute approximate surface area is 111 Å². The highest BCUT2D eigenvalue weighted by Gasteiger charge is 2.49. The van der Waals surface area contributed by atoms with Gasteiger partial charge in [-0.1, -0.05) is 13.8 Å². The van der Waals surface area contributed by atoms with E-state index >= 15 is 0 Å². The van der Waals surface area contributed by atoms with E-state index in [-0.39, 0.29) is 24.7 Å². The lowest BCUT2D eigenvalue weighted by Crippen LogP contribution is -2.53. The summed E-state index contributed by atoms with van der Waals surface area (Å²) in [5.41, 5.74) is 0. The molecule has 1 aliphatic heterocycles. The van der Waals surface area contributed by atoms with Gasteiger partial charge in [0.05, 0.1) is 18.8 Å². The minimum atomic E-state index is -0.546. The average Bonchev–Trinajstić information content (AvgIpc) is 2.33. The molecule has 2 fully saturated rings. The second-order valence-corrected chi connectivity index (χ2v) is 6.67. The zero-order chi connectivity index (χ0) is 13.3. The highest BCUT2D eigenvalue weighted by molar-refractivity contribution is 4.90. The van der Waals surface area contributed by atoms with Crippen LogP contribution in [0.15, 0.2) is 0 Å². The summed E-state index contributed by atoms with van der Waals surface area (Å²) < 4.78 is 12.4. The van der Waals surface area contributed by atoms with E-state index in [1.807, 2.05) is 0 Å². The van der Waals surface area contributed by atoms with Gasteiger partial charge in [0.2, 0.25) is 0 Å². The largest absolute Gasteiger partial charge is 0.396 e. The lowest BCUT2D eigenvalue weighted by molar-refractivity contribution is -0.342. The van der Waals surface area contributed by atoms with Crippen molar-refractivity contribution < 1.29 is 14.6 Å². The molecular formula is C15H28O3. The highest BCUT2D eigenvalue weighted by atomic mass is 16.7. The standard InChI is InChI=1S/C15H28O3/c1-10-5-11(2)8-15(14(6-10)9-16)17-12(3)7-13(4)18-15/h10-14,16H,5-9H2,1-4H3/t10-,11-,12-,13+,14+,15?/m0/s1. The molecule has 1 spiro atoms. The maximum absolute atomic E-state index is 9.75. The van der Waals surface area contributed by atoms with Crippen molar-refractivity contribution in [2.45, 2.75) is 71.4 Å². The van der Waals surface area contributed by atoms with Crippen LogP contribution in [0.25, 0.3) is 0 Å². The predicted molar refractivity (Wildman–Crippen MR) is 71.2 cm³/mol. The molecule has 6 atom stereocenters. The number of hydrogen-bond acceptors (Lipinski definition) is 3. The fourth-order valence-electron chi connectivity index (χ4n) is 3.96. The van der Waals surface area contributed by atoms with Crippen molar-refractivity contribution in [1.82, 2.24) is 0 Å². The summed E-state index contributed by atoms with van der Waals surface area (Å²) in [6.07, 6.45) is 4.52. The first-order valence-corrected chi connectivity index (χ1v) is 7.41. The van der Waals surface area contributed by atoms with Crippen LogP contribution in [0.3, 0.4) is 0 Å². The molecular weight excluding hydrogens is 228 g/mol. The Morgan fingerprint density at radius 2 is 1.56 bits per heavy atom. The van der Waals surface area contributed by atoms with Gasteiger partial charge in [0.15, 0.2) is 5.79 Å². The van der Waals surface area contributed by atoms with Gasteiger partial charge in [-0.3, -0.25) is 0 Å². The smallest absolute Gasteiger partial charge is 0.174 e. The van der Waals surface area contributed by atoms with E-state index in [9.17, 15) is 5.11 Å². The molecule has 1 saturated carbocycles. The van der Waals surface area contributed by atoms with Crippen LogP contribution in [0.1, 0.15) is 53.4 Å². The maximum Gasteiger partial charge on any atom is 0.174 e. The molecule has 1 N–H and O–H groups in total. The van der Waals surface area contributed by atoms with Gasteiger partial charge in [-0.2, -0.15) is 0 Å². The average molecular weight is 256 g/mol. The Bertz CT molecular complexity index is 269. The van der Waals surface area contributed by atoms with Crippen molar-refractivity contribution >= 4 is 0 Å². The van der Waals surface area contributed by atoms with E-state index in [2.05, 4.69) is 27.7 Å². The Morgan fingerprint density at radius 3 is 2.11 bits per heavy atom. The predicted octanol–water partition coefficient (Wildman–Crippen LogP) is 2.96. The number of ether oxygens (including phenoxy) is 2. The van der Waals surface area contributed by atoms with Crippen LogP contribution in [0.2, 0.25) is 0 Å². The van der Waals surface area contributed by atoms with Crippen LogP contribution >= 0.6 is 0 Å². The summed E-state index contributed by atoms with van der Waals surface area (Å²) in [4.78, 5) is 0. The molecule has 1 aliphatic carbocycles. The van der Waals surface area contributed by atoms with Gasteiger partial charge in [0, 0.05) is 12.3 Å². The van der Waals surface area contributed by atoms with Crippen molar-refractivity contribution in [3.8, 4) is 0 Å². The summed E-state index contributed by atoms with van der Waals surface area (Å²) in [5, 5.41) is 9.75. The maximum atomic E-state index is 9.75. The quantitative estimate of drug-likeness (QED) is 0.784. The first kappa shape index (κ1) is 14.3. The Hall–Kier alpha value is -0.120. The summed E-state index contributed by atoms with van der Waals surface area (Å²) >= 11 is 0. The first-order valence-electron chi connectivity index (χ1n) is 7.41. The number of rotatable bonds is 1. The first-order chi connectivity index (χ1) is 8.45. The summed E-state index contributed by atoms with van der Waals surface area (Å²) in [6, 6.07) is 0. The van der Waals surface area contributed by atoms with Crippen LogP contribution in [-0.4, -0.2) is 29.7 Å². The SMILES string of the molecule is C[C@H]1C[C@H](C)CC2(O[C@H](C)C[C@H](C)O2)[C@@H](CO)C1. The molecule has 3 nitrogen and oxygen atoms in total. The normalized spacial score (nSPS) is 50.2. The van der Waals surface area contributed by atoms with Gasteiger partial charge in [0.25, 0.3) is 0 Å². The minimum Gasteiger partial charge on any atom is -0.396 e. The van der Waals surface area contributed by atoms with Crippen LogP contribution in [0.5, 0.6) is 0 Å². The van der Waals surface area contributed by atoms with Gasteiger partial charge in [-0.25, -0.2) is 0 Å². The summed E-state index contributed by atoms with van der Waals surface area (Å²) in [7, 11) is 0. The van der Waals surface area contributed by atoms with E-state index in [1.165, 1.54) is 6.42 Å². The third kappa shape index (κ3) is 2.89. The topological polar surface area (TPSA) is 38.7 Å². The zero-order valence-electron chi connectivity index (χ0n) is 12.2. The second-order valence-electron chi connectivity index (χ2n) is 6.67. The van der Waals surface area contributed by atoms with E-state index in [4.69, 9.17) is 9.47 Å². The molecule has 1 unspecified atom stereocenters. The van der Waals surface area contributed by atoms with Gasteiger partial charge in [0.1, 0.15) is 0 Å². The van der Waals surface area contributed by atoms with Gasteiger partial charge < -0.3 is 14.6 Å². The van der Waals surface area contributed by atoms with Crippen LogP contribution < -0.4 is 0 Å². The lowest BCUT2D eigenvalue weighted by Gasteiger charge is -2.47. The molecule has 0 aromatic rings. The Morgan fingerprint density at radius 1 is 0.944 bits per heavy atom. The van der Waals surface area contributed by atoms with Crippen LogP contribution in [0, 0.1) is 17.8 Å². The fourth-order valence-corrected chi connectivity index (χ4v) is 3.96. The molecule has 0 aromatic heterocycles. The van der Waals surface area contributed by atoms with E-state index < -0.39 is 5.79 Å². The van der Waals surface area contributed by atoms with Gasteiger partial charge in [-0.05, 0) is 44.9 Å². The van der Waals surface area contributed by atoms with E-state index in [0.717, 1.165) is 19.3 Å².